The zero-order valence-corrected chi connectivity index (χ0v) is 21.9. The molecule has 3 aliphatic heterocycles. The van der Waals surface area contributed by atoms with E-state index in [2.05, 4.69) is 25.1 Å². The van der Waals surface area contributed by atoms with Crippen molar-refractivity contribution in [1.82, 2.24) is 20.2 Å². The van der Waals surface area contributed by atoms with Crippen LogP contribution in [-0.4, -0.2) is 100 Å². The van der Waals surface area contributed by atoms with E-state index >= 15 is 0 Å². The lowest BCUT2D eigenvalue weighted by molar-refractivity contribution is -0.135. The lowest BCUT2D eigenvalue weighted by atomic mass is 9.98. The number of hydrogen-bond donors (Lipinski definition) is 4. The number of aliphatic carboxylic acids is 2. The molecule has 12 heteroatoms. The maximum Gasteiger partial charge on any atom is 0.300 e. The number of carboxylic acid groups (broad SMARTS) is 2. The van der Waals surface area contributed by atoms with Gasteiger partial charge in [0, 0.05) is 83.8 Å². The van der Waals surface area contributed by atoms with E-state index in [4.69, 9.17) is 30.3 Å². The van der Waals surface area contributed by atoms with Gasteiger partial charge in [-0.25, -0.2) is 4.98 Å². The lowest BCUT2D eigenvalue weighted by Crippen LogP contribution is -2.49. The van der Waals surface area contributed by atoms with Gasteiger partial charge in [0.1, 0.15) is 5.82 Å². The molecule has 0 radical (unpaired) electrons. The molecule has 1 aromatic heterocycles. The molecule has 4 heterocycles. The maximum absolute atomic E-state index is 13.1. The highest BCUT2D eigenvalue weighted by molar-refractivity contribution is 5.79. The first-order valence-corrected chi connectivity index (χ1v) is 12.9. The van der Waals surface area contributed by atoms with E-state index in [1.807, 2.05) is 0 Å². The molecule has 208 valence electrons. The average Bonchev–Trinajstić information content (AvgIpc) is 3.07. The molecular formula is C25H42N6O6. The van der Waals surface area contributed by atoms with Crippen molar-refractivity contribution in [2.24, 2.45) is 11.7 Å². The fourth-order valence-electron chi connectivity index (χ4n) is 4.85. The minimum atomic E-state index is -0.833. The van der Waals surface area contributed by atoms with Crippen molar-refractivity contribution < 1.29 is 29.3 Å². The largest absolute Gasteiger partial charge is 0.481 e. The molecule has 5 N–H and O–H groups in total. The van der Waals surface area contributed by atoms with Crippen LogP contribution >= 0.6 is 0 Å². The van der Waals surface area contributed by atoms with E-state index in [0.717, 1.165) is 97.6 Å². The molecule has 0 spiro atoms. The molecule has 0 bridgehead atoms. The third-order valence-corrected chi connectivity index (χ3v) is 6.60. The summed E-state index contributed by atoms with van der Waals surface area (Å²) in [6.45, 7) is 7.31. The molecule has 0 saturated carbocycles. The third-order valence-electron chi connectivity index (χ3n) is 6.60. The topological polar surface area (TPSA) is 171 Å². The van der Waals surface area contributed by atoms with Crippen LogP contribution < -0.4 is 16.0 Å². The van der Waals surface area contributed by atoms with E-state index in [-0.39, 0.29) is 23.9 Å². The summed E-state index contributed by atoms with van der Waals surface area (Å²) in [5.41, 5.74) is 6.33. The number of likely N-dealkylation sites (tertiary alicyclic amines) is 1. The van der Waals surface area contributed by atoms with Gasteiger partial charge in [0.25, 0.3) is 11.9 Å². The molecule has 1 aromatic rings. The van der Waals surface area contributed by atoms with Gasteiger partial charge < -0.3 is 30.9 Å². The van der Waals surface area contributed by atoms with Crippen molar-refractivity contribution in [1.29, 1.82) is 0 Å². The second-order valence-electron chi connectivity index (χ2n) is 9.70. The maximum atomic E-state index is 13.1. The van der Waals surface area contributed by atoms with Gasteiger partial charge in [0.15, 0.2) is 0 Å². The van der Waals surface area contributed by atoms with Crippen LogP contribution in [0.5, 0.6) is 0 Å². The van der Waals surface area contributed by atoms with Crippen LogP contribution in [0.25, 0.3) is 0 Å². The van der Waals surface area contributed by atoms with Gasteiger partial charge in [-0.1, -0.05) is 0 Å². The van der Waals surface area contributed by atoms with Crippen LogP contribution in [0.1, 0.15) is 52.4 Å². The highest BCUT2D eigenvalue weighted by atomic mass is 16.5. The number of piperidine rings is 1. The van der Waals surface area contributed by atoms with Crippen molar-refractivity contribution in [3.8, 4) is 0 Å². The van der Waals surface area contributed by atoms with E-state index in [1.165, 1.54) is 0 Å². The van der Waals surface area contributed by atoms with Crippen LogP contribution in [0, 0.1) is 5.92 Å². The Morgan fingerprint density at radius 3 is 2.16 bits per heavy atom. The Hall–Kier alpha value is -2.83. The summed E-state index contributed by atoms with van der Waals surface area (Å²) in [5.74, 6) is -0.513. The molecule has 12 nitrogen and oxygen atoms in total. The first-order chi connectivity index (χ1) is 17.7. The fraction of sp³-hybridized carbons (Fsp3) is 0.720. The number of carboxylic acids is 2. The number of carbonyl (C=O) groups is 3. The van der Waals surface area contributed by atoms with Gasteiger partial charge in [0.2, 0.25) is 5.91 Å². The van der Waals surface area contributed by atoms with E-state index in [1.54, 1.807) is 18.6 Å². The standard InChI is InChI=1S/C21H34N6O2.2C2H4O2/c22-17-2-1-16(14-27(15-17)19-5-11-29-12-6-19)21(28)25-18-3-9-26(10-4-18)20-13-23-7-8-24-20;2*1-2(3)4/h7-8,13,16-19H,1-6,9-12,14-15,22H2,(H,25,28);2*1H3,(H,3,4)/t16-,17+;;/m1../s1. The number of rotatable bonds is 4. The number of carbonyl (C=O) groups excluding carboxylic acids is 1. The molecule has 3 fully saturated rings. The second-order valence-corrected chi connectivity index (χ2v) is 9.70. The van der Waals surface area contributed by atoms with Crippen LogP contribution in [0.15, 0.2) is 18.6 Å². The Morgan fingerprint density at radius 1 is 0.973 bits per heavy atom. The number of nitrogens with two attached hydrogens (primary N) is 1. The minimum absolute atomic E-state index is 0.0319. The van der Waals surface area contributed by atoms with Crippen LogP contribution in [0.3, 0.4) is 0 Å². The highest BCUT2D eigenvalue weighted by Crippen LogP contribution is 2.23. The second kappa shape index (κ2) is 16.1. The molecule has 4 rings (SSSR count). The first kappa shape index (κ1) is 30.4. The number of amides is 1. The predicted molar refractivity (Wildman–Crippen MR) is 138 cm³/mol. The molecular weight excluding hydrogens is 480 g/mol. The van der Waals surface area contributed by atoms with Gasteiger partial charge in [-0.15, -0.1) is 0 Å². The van der Waals surface area contributed by atoms with Gasteiger partial charge >= 0.3 is 0 Å². The molecule has 37 heavy (non-hydrogen) atoms. The zero-order chi connectivity index (χ0) is 27.2. The number of ether oxygens (including phenoxy) is 1. The number of aromatic nitrogens is 2. The molecule has 0 unspecified atom stereocenters. The number of nitrogens with one attached hydrogen (secondary N) is 1. The normalized spacial score (nSPS) is 23.4. The van der Waals surface area contributed by atoms with Crippen molar-refractivity contribution >= 4 is 23.7 Å². The quantitative estimate of drug-likeness (QED) is 0.444. The third kappa shape index (κ3) is 11.8. The molecule has 3 aliphatic rings. The molecule has 3 saturated heterocycles. The fourth-order valence-corrected chi connectivity index (χ4v) is 4.85. The highest BCUT2D eigenvalue weighted by Gasteiger charge is 2.32. The summed E-state index contributed by atoms with van der Waals surface area (Å²) in [4.78, 5) is 44.3. The number of nitrogens with zero attached hydrogens (tertiary/aromatic N) is 4. The summed E-state index contributed by atoms with van der Waals surface area (Å²) in [5, 5.41) is 18.2. The van der Waals surface area contributed by atoms with E-state index < -0.39 is 11.9 Å². The monoisotopic (exact) mass is 522 g/mol. The van der Waals surface area contributed by atoms with E-state index in [9.17, 15) is 4.79 Å². The van der Waals surface area contributed by atoms with Crippen LogP contribution in [0.2, 0.25) is 0 Å². The Labute approximate surface area is 218 Å². The molecule has 0 aromatic carbocycles. The zero-order valence-electron chi connectivity index (χ0n) is 21.9. The summed E-state index contributed by atoms with van der Waals surface area (Å²) in [6, 6.07) is 0.896. The Bertz CT molecular complexity index is 810. The van der Waals surface area contributed by atoms with Gasteiger partial charge in [-0.2, -0.15) is 0 Å². The smallest absolute Gasteiger partial charge is 0.300 e. The SMILES string of the molecule is CC(=O)O.CC(=O)O.N[C@H]1CC[C@@H](C(=O)NC2CCN(c3cnccn3)CC2)CN(C2CCOCC2)C1. The van der Waals surface area contributed by atoms with Crippen molar-refractivity contribution in [3.05, 3.63) is 18.6 Å². The Balaban J connectivity index is 0.000000530. The lowest BCUT2D eigenvalue weighted by Gasteiger charge is -2.36. The average molecular weight is 523 g/mol. The molecule has 0 aliphatic carbocycles. The van der Waals surface area contributed by atoms with E-state index in [0.29, 0.717) is 6.04 Å². The van der Waals surface area contributed by atoms with Gasteiger partial charge in [0.05, 0.1) is 12.1 Å². The molecule has 2 atom stereocenters. The van der Waals surface area contributed by atoms with Gasteiger partial charge in [-0.3, -0.25) is 24.3 Å². The van der Waals surface area contributed by atoms with Crippen molar-refractivity contribution in [2.45, 2.75) is 70.5 Å². The summed E-state index contributed by atoms with van der Waals surface area (Å²) in [7, 11) is 0. The summed E-state index contributed by atoms with van der Waals surface area (Å²) in [6.07, 6.45) is 11.0. The van der Waals surface area contributed by atoms with Crippen LogP contribution in [-0.2, 0) is 19.1 Å². The Kier molecular flexibility index (Phi) is 13.2. The first-order valence-electron chi connectivity index (χ1n) is 12.9. The predicted octanol–water partition coefficient (Wildman–Crippen LogP) is 0.962. The van der Waals surface area contributed by atoms with Crippen molar-refractivity contribution in [2.75, 3.05) is 44.3 Å². The number of anilines is 1. The van der Waals surface area contributed by atoms with Crippen molar-refractivity contribution in [3.63, 3.8) is 0 Å². The summed E-state index contributed by atoms with van der Waals surface area (Å²) < 4.78 is 5.51. The van der Waals surface area contributed by atoms with Crippen LogP contribution in [0.4, 0.5) is 5.82 Å². The minimum Gasteiger partial charge on any atom is -0.481 e. The number of hydrogen-bond acceptors (Lipinski definition) is 9. The van der Waals surface area contributed by atoms with Gasteiger partial charge in [-0.05, 0) is 38.5 Å². The summed E-state index contributed by atoms with van der Waals surface area (Å²) >= 11 is 0. The molecule has 1 amide bonds. The Morgan fingerprint density at radius 2 is 1.59 bits per heavy atom.